The van der Waals surface area contributed by atoms with Gasteiger partial charge in [0.2, 0.25) is 0 Å². The van der Waals surface area contributed by atoms with Gasteiger partial charge in [-0.25, -0.2) is 0 Å². The van der Waals surface area contributed by atoms with Crippen molar-refractivity contribution in [1.82, 2.24) is 9.78 Å². The highest BCUT2D eigenvalue weighted by atomic mass is 16.4. The number of carbonyl (C=O) groups excluding carboxylic acids is 1. The predicted octanol–water partition coefficient (Wildman–Crippen LogP) is 1.15. The highest BCUT2D eigenvalue weighted by Crippen LogP contribution is 2.42. The van der Waals surface area contributed by atoms with Crippen LogP contribution in [0.25, 0.3) is 0 Å². The molecule has 16 heavy (non-hydrogen) atoms. The van der Waals surface area contributed by atoms with E-state index < -0.39 is 11.4 Å². The average molecular weight is 222 g/mol. The molecule has 1 aliphatic carbocycles. The molecule has 0 spiro atoms. The predicted molar refractivity (Wildman–Crippen MR) is 56.2 cm³/mol. The molecule has 1 aromatic rings. The summed E-state index contributed by atoms with van der Waals surface area (Å²) in [5, 5.41) is 13.4. The molecule has 0 atom stereocenters. The number of rotatable bonds is 3. The monoisotopic (exact) mass is 222 g/mol. The van der Waals surface area contributed by atoms with Crippen LogP contribution in [0.1, 0.15) is 38.4 Å². The van der Waals surface area contributed by atoms with Crippen LogP contribution in [0.4, 0.5) is 0 Å². The van der Waals surface area contributed by atoms with Gasteiger partial charge in [0.1, 0.15) is 11.2 Å². The van der Waals surface area contributed by atoms with Gasteiger partial charge in [0.15, 0.2) is 0 Å². The van der Waals surface area contributed by atoms with E-state index in [1.54, 1.807) is 16.9 Å². The van der Waals surface area contributed by atoms with Gasteiger partial charge in [0.25, 0.3) is 0 Å². The van der Waals surface area contributed by atoms with Crippen LogP contribution in [0.5, 0.6) is 0 Å². The van der Waals surface area contributed by atoms with Crippen LogP contribution in [0.3, 0.4) is 0 Å². The second-order valence-corrected chi connectivity index (χ2v) is 4.53. The maximum Gasteiger partial charge on any atom is 0.316 e. The van der Waals surface area contributed by atoms with Crippen LogP contribution in [0.2, 0.25) is 0 Å². The summed E-state index contributed by atoms with van der Waals surface area (Å²) in [5.41, 5.74) is -0.410. The van der Waals surface area contributed by atoms with Crippen molar-refractivity contribution in [2.45, 2.75) is 38.1 Å². The Labute approximate surface area is 93.1 Å². The molecule has 0 radical (unpaired) electrons. The third-order valence-corrected chi connectivity index (χ3v) is 3.06. The van der Waals surface area contributed by atoms with Crippen molar-refractivity contribution in [2.75, 3.05) is 0 Å². The normalized spacial score (nSPS) is 18.6. The Hall–Kier alpha value is -1.65. The van der Waals surface area contributed by atoms with Crippen LogP contribution in [-0.2, 0) is 15.0 Å². The Morgan fingerprint density at radius 1 is 1.56 bits per heavy atom. The van der Waals surface area contributed by atoms with Crippen LogP contribution in [0.15, 0.2) is 12.3 Å². The third-order valence-electron chi connectivity index (χ3n) is 3.06. The summed E-state index contributed by atoms with van der Waals surface area (Å²) in [7, 11) is 0. The van der Waals surface area contributed by atoms with Crippen molar-refractivity contribution in [3.8, 4) is 0 Å². The van der Waals surface area contributed by atoms with Crippen molar-refractivity contribution >= 4 is 11.8 Å². The molecule has 0 bridgehead atoms. The molecule has 1 aromatic heterocycles. The number of hydrogen-bond acceptors (Lipinski definition) is 3. The van der Waals surface area contributed by atoms with Gasteiger partial charge in [-0.2, -0.15) is 5.10 Å². The summed E-state index contributed by atoms with van der Waals surface area (Å²) in [6, 6.07) is 1.79. The summed E-state index contributed by atoms with van der Waals surface area (Å²) >= 11 is 0. The van der Waals surface area contributed by atoms with E-state index in [-0.39, 0.29) is 24.7 Å². The van der Waals surface area contributed by atoms with E-state index in [0.29, 0.717) is 5.69 Å². The third kappa shape index (κ3) is 1.35. The fourth-order valence-electron chi connectivity index (χ4n) is 2.17. The first-order valence-electron chi connectivity index (χ1n) is 5.26. The largest absolute Gasteiger partial charge is 0.481 e. The van der Waals surface area contributed by atoms with Gasteiger partial charge in [-0.05, 0) is 19.9 Å². The van der Waals surface area contributed by atoms with Gasteiger partial charge in [0, 0.05) is 25.1 Å². The number of nitrogens with zero attached hydrogens (tertiary/aromatic N) is 2. The summed E-state index contributed by atoms with van der Waals surface area (Å²) in [6.45, 7) is 3.87. The number of hydrogen-bond donors (Lipinski definition) is 1. The summed E-state index contributed by atoms with van der Waals surface area (Å²) in [6.07, 6.45) is 1.75. The Bertz CT molecular complexity index is 440. The number of ketones is 1. The lowest BCUT2D eigenvalue weighted by Crippen LogP contribution is -2.49. The number of carboxylic acids is 1. The Morgan fingerprint density at radius 2 is 2.19 bits per heavy atom. The van der Waals surface area contributed by atoms with Gasteiger partial charge < -0.3 is 5.11 Å². The molecule has 2 rings (SSSR count). The lowest BCUT2D eigenvalue weighted by molar-refractivity contribution is -0.153. The summed E-state index contributed by atoms with van der Waals surface area (Å²) in [4.78, 5) is 22.4. The molecule has 86 valence electrons. The maximum absolute atomic E-state index is 11.3. The van der Waals surface area contributed by atoms with Crippen molar-refractivity contribution < 1.29 is 14.7 Å². The fraction of sp³-hybridized carbons (Fsp3) is 0.545. The minimum atomic E-state index is -1.04. The summed E-state index contributed by atoms with van der Waals surface area (Å²) in [5.74, 6) is -0.937. The van der Waals surface area contributed by atoms with Crippen LogP contribution in [0, 0.1) is 0 Å². The number of carboxylic acid groups (broad SMARTS) is 1. The minimum Gasteiger partial charge on any atom is -0.481 e. The molecule has 0 amide bonds. The zero-order chi connectivity index (χ0) is 11.9. The zero-order valence-corrected chi connectivity index (χ0v) is 9.30. The molecule has 0 unspecified atom stereocenters. The van der Waals surface area contributed by atoms with Crippen LogP contribution >= 0.6 is 0 Å². The Morgan fingerprint density at radius 3 is 2.62 bits per heavy atom. The molecule has 5 heteroatoms. The molecule has 1 heterocycles. The standard InChI is InChI=1S/C11H14N2O3/c1-7(2)13-9(3-4-12-13)11(10(15)16)5-8(14)6-11/h3-4,7H,5-6H2,1-2H3,(H,15,16). The van der Waals surface area contributed by atoms with E-state index in [1.165, 1.54) is 0 Å². The smallest absolute Gasteiger partial charge is 0.316 e. The molecular formula is C11H14N2O3. The molecule has 5 nitrogen and oxygen atoms in total. The van der Waals surface area contributed by atoms with E-state index in [9.17, 15) is 14.7 Å². The van der Waals surface area contributed by atoms with Gasteiger partial charge in [-0.15, -0.1) is 0 Å². The molecule has 1 fully saturated rings. The van der Waals surface area contributed by atoms with Gasteiger partial charge in [-0.1, -0.05) is 0 Å². The molecule has 0 aromatic carbocycles. The number of carbonyl (C=O) groups is 2. The Balaban J connectivity index is 2.45. The lowest BCUT2D eigenvalue weighted by Gasteiger charge is -2.36. The average Bonchev–Trinajstić information content (AvgIpc) is 2.60. The summed E-state index contributed by atoms with van der Waals surface area (Å²) < 4.78 is 1.68. The van der Waals surface area contributed by atoms with Crippen molar-refractivity contribution in [2.24, 2.45) is 0 Å². The van der Waals surface area contributed by atoms with E-state index >= 15 is 0 Å². The molecule has 1 saturated carbocycles. The van der Waals surface area contributed by atoms with E-state index in [1.807, 2.05) is 13.8 Å². The maximum atomic E-state index is 11.3. The first-order chi connectivity index (χ1) is 7.47. The van der Waals surface area contributed by atoms with E-state index in [4.69, 9.17) is 0 Å². The zero-order valence-electron chi connectivity index (χ0n) is 9.30. The quantitative estimate of drug-likeness (QED) is 0.832. The lowest BCUT2D eigenvalue weighted by atomic mass is 9.65. The minimum absolute atomic E-state index is 0.00101. The highest BCUT2D eigenvalue weighted by molar-refractivity contribution is 6.01. The first kappa shape index (κ1) is 10.9. The second kappa shape index (κ2) is 3.43. The second-order valence-electron chi connectivity index (χ2n) is 4.53. The van der Waals surface area contributed by atoms with Crippen molar-refractivity contribution in [3.05, 3.63) is 18.0 Å². The van der Waals surface area contributed by atoms with Crippen LogP contribution < -0.4 is 0 Å². The Kier molecular flexibility index (Phi) is 2.33. The molecule has 0 aliphatic heterocycles. The van der Waals surface area contributed by atoms with E-state index in [2.05, 4.69) is 5.10 Å². The topological polar surface area (TPSA) is 72.2 Å². The van der Waals surface area contributed by atoms with Crippen molar-refractivity contribution in [1.29, 1.82) is 0 Å². The molecule has 1 N–H and O–H groups in total. The molecule has 0 saturated heterocycles. The number of aromatic nitrogens is 2. The van der Waals surface area contributed by atoms with Crippen LogP contribution in [-0.4, -0.2) is 26.6 Å². The van der Waals surface area contributed by atoms with Crippen molar-refractivity contribution in [3.63, 3.8) is 0 Å². The number of Topliss-reactive ketones (excluding diaryl/α,β-unsaturated/α-hetero) is 1. The van der Waals surface area contributed by atoms with Gasteiger partial charge >= 0.3 is 5.97 Å². The van der Waals surface area contributed by atoms with E-state index in [0.717, 1.165) is 0 Å². The number of aliphatic carboxylic acids is 1. The highest BCUT2D eigenvalue weighted by Gasteiger charge is 2.53. The van der Waals surface area contributed by atoms with Gasteiger partial charge in [0.05, 0.1) is 5.69 Å². The SMILES string of the molecule is CC(C)n1nccc1C1(C(=O)O)CC(=O)C1. The molecular weight excluding hydrogens is 208 g/mol. The molecule has 1 aliphatic rings. The van der Waals surface area contributed by atoms with Gasteiger partial charge in [-0.3, -0.25) is 14.3 Å². The fourth-order valence-corrected chi connectivity index (χ4v) is 2.17. The first-order valence-corrected chi connectivity index (χ1v) is 5.26.